The summed E-state index contributed by atoms with van der Waals surface area (Å²) < 4.78 is 38.6. The van der Waals surface area contributed by atoms with E-state index in [1.54, 1.807) is 30.3 Å². The van der Waals surface area contributed by atoms with Crippen molar-refractivity contribution in [1.82, 2.24) is 5.16 Å². The van der Waals surface area contributed by atoms with E-state index in [4.69, 9.17) is 9.26 Å². The van der Waals surface area contributed by atoms with Gasteiger partial charge in [0.2, 0.25) is 0 Å². The highest BCUT2D eigenvalue weighted by Gasteiger charge is 2.22. The molecule has 0 amide bonds. The molecule has 0 unspecified atom stereocenters. The molecule has 0 saturated heterocycles. The number of nitrogens with zero attached hydrogens (tertiary/aromatic N) is 1. The Morgan fingerprint density at radius 2 is 1.92 bits per heavy atom. The highest BCUT2D eigenvalue weighted by Crippen LogP contribution is 2.33. The van der Waals surface area contributed by atoms with Gasteiger partial charge in [0.1, 0.15) is 11.1 Å². The minimum atomic E-state index is -3.76. The normalized spacial score (nSPS) is 14.3. The fourth-order valence-electron chi connectivity index (χ4n) is 3.26. The van der Waals surface area contributed by atoms with Gasteiger partial charge in [0.25, 0.3) is 10.0 Å². The Morgan fingerprint density at radius 3 is 2.72 bits per heavy atom. The van der Waals surface area contributed by atoms with Crippen molar-refractivity contribution in [1.29, 1.82) is 0 Å². The second-order valence-corrected chi connectivity index (χ2v) is 7.79. The molecule has 0 fully saturated rings. The average Bonchev–Trinajstić information content (AvgIpc) is 3.03. The molecule has 0 atom stereocenters. The first-order valence-electron chi connectivity index (χ1n) is 8.15. The summed E-state index contributed by atoms with van der Waals surface area (Å²) in [5.41, 5.74) is 2.80. The molecule has 0 aliphatic heterocycles. The summed E-state index contributed by atoms with van der Waals surface area (Å²) in [5.74, 6) is 0.632. The summed E-state index contributed by atoms with van der Waals surface area (Å²) in [5, 5.41) is 4.36. The van der Waals surface area contributed by atoms with Gasteiger partial charge in [-0.2, -0.15) is 0 Å². The lowest BCUT2D eigenvalue weighted by Crippen LogP contribution is -2.15. The zero-order chi connectivity index (χ0) is 17.4. The van der Waals surface area contributed by atoms with Crippen molar-refractivity contribution in [3.05, 3.63) is 47.5 Å². The van der Waals surface area contributed by atoms with Gasteiger partial charge in [-0.1, -0.05) is 17.3 Å². The number of hydrogen-bond acceptors (Lipinski definition) is 5. The van der Waals surface area contributed by atoms with Crippen molar-refractivity contribution in [2.75, 3.05) is 11.8 Å². The van der Waals surface area contributed by atoms with Gasteiger partial charge in [-0.3, -0.25) is 4.72 Å². The van der Waals surface area contributed by atoms with Crippen molar-refractivity contribution < 1.29 is 17.7 Å². The maximum Gasteiger partial charge on any atom is 0.263 e. The third-order valence-corrected chi connectivity index (χ3v) is 5.88. The van der Waals surface area contributed by atoms with Crippen molar-refractivity contribution in [2.45, 2.75) is 30.6 Å². The summed E-state index contributed by atoms with van der Waals surface area (Å²) in [7, 11) is -2.24. The van der Waals surface area contributed by atoms with E-state index >= 15 is 0 Å². The largest absolute Gasteiger partial charge is 0.496 e. The van der Waals surface area contributed by atoms with Gasteiger partial charge in [-0.15, -0.1) is 0 Å². The van der Waals surface area contributed by atoms with Crippen LogP contribution in [-0.4, -0.2) is 20.7 Å². The Hall–Kier alpha value is -2.54. The maximum atomic E-state index is 12.8. The van der Waals surface area contributed by atoms with Gasteiger partial charge < -0.3 is 9.26 Å². The number of benzene rings is 2. The zero-order valence-electron chi connectivity index (χ0n) is 13.8. The van der Waals surface area contributed by atoms with Crippen molar-refractivity contribution in [3.63, 3.8) is 0 Å². The zero-order valence-corrected chi connectivity index (χ0v) is 14.6. The van der Waals surface area contributed by atoms with Gasteiger partial charge in [-0.25, -0.2) is 8.42 Å². The summed E-state index contributed by atoms with van der Waals surface area (Å²) in [6, 6.07) is 10.5. The molecule has 1 aliphatic rings. The summed E-state index contributed by atoms with van der Waals surface area (Å²) in [4.78, 5) is 0.235. The molecule has 4 rings (SSSR count). The van der Waals surface area contributed by atoms with E-state index in [-0.39, 0.29) is 10.7 Å². The van der Waals surface area contributed by atoms with Crippen LogP contribution in [0.15, 0.2) is 45.8 Å². The standard InChI is InChI=1S/C18H18N2O4S/c1-23-15-7-4-8-16-17(15)18(19-24-16)20-25(21,22)14-10-9-12-5-2-3-6-13(12)11-14/h4,7-11H,2-3,5-6H2,1H3,(H,19,20). The first-order valence-corrected chi connectivity index (χ1v) is 9.64. The predicted octanol–water partition coefficient (Wildman–Crippen LogP) is 3.52. The van der Waals surface area contributed by atoms with Crippen LogP contribution in [0.3, 0.4) is 0 Å². The third-order valence-electron chi connectivity index (χ3n) is 4.54. The summed E-state index contributed by atoms with van der Waals surface area (Å²) in [6.07, 6.45) is 4.17. The van der Waals surface area contributed by atoms with Gasteiger partial charge >= 0.3 is 0 Å². The number of hydrogen-bond donors (Lipinski definition) is 1. The van der Waals surface area contributed by atoms with Gasteiger partial charge in [-0.05, 0) is 61.1 Å². The van der Waals surface area contributed by atoms with Gasteiger partial charge in [0.15, 0.2) is 11.4 Å². The molecular weight excluding hydrogens is 340 g/mol. The fraction of sp³-hybridized carbons (Fsp3) is 0.278. The molecule has 6 nitrogen and oxygen atoms in total. The second-order valence-electron chi connectivity index (χ2n) is 6.11. The van der Waals surface area contributed by atoms with Crippen LogP contribution in [0.4, 0.5) is 5.82 Å². The van der Waals surface area contributed by atoms with E-state index in [0.717, 1.165) is 31.2 Å². The Balaban J connectivity index is 1.73. The van der Waals surface area contributed by atoms with Crippen LogP contribution in [0.25, 0.3) is 11.0 Å². The topological polar surface area (TPSA) is 81.4 Å². The number of aromatic nitrogens is 1. The predicted molar refractivity (Wildman–Crippen MR) is 94.5 cm³/mol. The Bertz CT molecular complexity index is 1040. The molecule has 1 heterocycles. The number of aryl methyl sites for hydroxylation is 2. The molecule has 1 aromatic heterocycles. The maximum absolute atomic E-state index is 12.8. The smallest absolute Gasteiger partial charge is 0.263 e. The number of sulfonamides is 1. The van der Waals surface area contributed by atoms with E-state index in [1.807, 2.05) is 6.07 Å². The number of anilines is 1. The van der Waals surface area contributed by atoms with E-state index in [2.05, 4.69) is 9.88 Å². The molecule has 130 valence electrons. The quantitative estimate of drug-likeness (QED) is 0.772. The molecule has 2 aromatic carbocycles. The minimum Gasteiger partial charge on any atom is -0.496 e. The molecule has 1 aliphatic carbocycles. The average molecular weight is 358 g/mol. The molecule has 0 bridgehead atoms. The van der Waals surface area contributed by atoms with Crippen molar-refractivity contribution in [3.8, 4) is 5.75 Å². The lowest BCUT2D eigenvalue weighted by atomic mass is 9.92. The van der Waals surface area contributed by atoms with Crippen molar-refractivity contribution in [2.24, 2.45) is 0 Å². The molecule has 0 saturated carbocycles. The lowest BCUT2D eigenvalue weighted by molar-refractivity contribution is 0.419. The van der Waals surface area contributed by atoms with E-state index in [9.17, 15) is 8.42 Å². The molecule has 3 aromatic rings. The number of rotatable bonds is 4. The van der Waals surface area contributed by atoms with Crippen LogP contribution in [0.2, 0.25) is 0 Å². The van der Waals surface area contributed by atoms with Crippen molar-refractivity contribution >= 4 is 26.8 Å². The van der Waals surface area contributed by atoms with Crippen LogP contribution in [0, 0.1) is 0 Å². The van der Waals surface area contributed by atoms with Crippen LogP contribution < -0.4 is 9.46 Å². The number of nitrogens with one attached hydrogen (secondary N) is 1. The van der Waals surface area contributed by atoms with Crippen LogP contribution in [-0.2, 0) is 22.9 Å². The monoisotopic (exact) mass is 358 g/mol. The SMILES string of the molecule is COc1cccc2onc(NS(=O)(=O)c3ccc4c(c3)CCCC4)c12. The van der Waals surface area contributed by atoms with Crippen LogP contribution in [0.5, 0.6) is 5.75 Å². The Kier molecular flexibility index (Phi) is 3.88. The van der Waals surface area contributed by atoms with E-state index in [1.165, 1.54) is 12.7 Å². The second kappa shape index (κ2) is 6.07. The van der Waals surface area contributed by atoms with Gasteiger partial charge in [0.05, 0.1) is 12.0 Å². The fourth-order valence-corrected chi connectivity index (χ4v) is 4.32. The molecule has 7 heteroatoms. The van der Waals surface area contributed by atoms with Gasteiger partial charge in [0, 0.05) is 0 Å². The molecule has 25 heavy (non-hydrogen) atoms. The number of ether oxygens (including phenoxy) is 1. The first kappa shape index (κ1) is 16.0. The highest BCUT2D eigenvalue weighted by molar-refractivity contribution is 7.92. The molecule has 0 radical (unpaired) electrons. The molecule has 1 N–H and O–H groups in total. The number of fused-ring (bicyclic) bond motifs is 2. The first-order chi connectivity index (χ1) is 12.1. The molecular formula is C18H18N2O4S. The van der Waals surface area contributed by atoms with Crippen LogP contribution >= 0.6 is 0 Å². The highest BCUT2D eigenvalue weighted by atomic mass is 32.2. The van der Waals surface area contributed by atoms with E-state index in [0.29, 0.717) is 16.7 Å². The van der Waals surface area contributed by atoms with Crippen LogP contribution in [0.1, 0.15) is 24.0 Å². The Morgan fingerprint density at radius 1 is 1.12 bits per heavy atom. The number of methoxy groups -OCH3 is 1. The summed E-state index contributed by atoms with van der Waals surface area (Å²) in [6.45, 7) is 0. The summed E-state index contributed by atoms with van der Waals surface area (Å²) >= 11 is 0. The lowest BCUT2D eigenvalue weighted by Gasteiger charge is -2.16. The van der Waals surface area contributed by atoms with E-state index < -0.39 is 10.0 Å². The Labute approximate surface area is 145 Å². The molecule has 0 spiro atoms. The minimum absolute atomic E-state index is 0.130. The third kappa shape index (κ3) is 2.84.